The number of para-hydroxylation sites is 1. The first kappa shape index (κ1) is 24.1. The number of anilines is 1. The molecule has 1 aromatic heterocycles. The molecule has 1 fully saturated rings. The van der Waals surface area contributed by atoms with Crippen LogP contribution in [0.25, 0.3) is 0 Å². The molecule has 2 aromatic carbocycles. The van der Waals surface area contributed by atoms with Crippen LogP contribution in [0.2, 0.25) is 0 Å². The molecule has 0 radical (unpaired) electrons. The van der Waals surface area contributed by atoms with Gasteiger partial charge in [0.25, 0.3) is 11.8 Å². The Bertz CT molecular complexity index is 1320. The van der Waals surface area contributed by atoms with Gasteiger partial charge in [0.05, 0.1) is 5.69 Å². The molecular weight excluding hydrogens is 477 g/mol. The molecule has 0 saturated carbocycles. The Morgan fingerprint density at radius 2 is 1.50 bits per heavy atom. The van der Waals surface area contributed by atoms with E-state index in [1.54, 1.807) is 6.07 Å². The number of halogens is 1. The molecule has 36 heavy (non-hydrogen) atoms. The fourth-order valence-corrected chi connectivity index (χ4v) is 5.58. The third-order valence-corrected chi connectivity index (χ3v) is 7.14. The van der Waals surface area contributed by atoms with Crippen molar-refractivity contribution in [3.05, 3.63) is 94.0 Å². The minimum atomic E-state index is -0.625. The van der Waals surface area contributed by atoms with Gasteiger partial charge in [-0.3, -0.25) is 14.5 Å². The molecule has 2 aliphatic heterocycles. The first-order valence-electron chi connectivity index (χ1n) is 11.8. The van der Waals surface area contributed by atoms with Crippen LogP contribution in [0.1, 0.15) is 17.0 Å². The summed E-state index contributed by atoms with van der Waals surface area (Å²) in [6, 6.07) is 17.9. The Labute approximate surface area is 213 Å². The second kappa shape index (κ2) is 10.2. The summed E-state index contributed by atoms with van der Waals surface area (Å²) < 4.78 is 14.7. The number of rotatable bonds is 6. The van der Waals surface area contributed by atoms with Crippen molar-refractivity contribution in [3.8, 4) is 0 Å². The zero-order valence-electron chi connectivity index (χ0n) is 20.1. The fraction of sp³-hybridized carbons (Fsp3) is 0.259. The van der Waals surface area contributed by atoms with Crippen LogP contribution >= 0.6 is 11.8 Å². The van der Waals surface area contributed by atoms with Crippen molar-refractivity contribution >= 4 is 29.3 Å². The van der Waals surface area contributed by atoms with E-state index in [1.165, 1.54) is 23.8 Å². The van der Waals surface area contributed by atoms with E-state index in [2.05, 4.69) is 27.0 Å². The molecule has 5 rings (SSSR count). The molecule has 1 saturated heterocycles. The number of nitrogens with zero attached hydrogens (tertiary/aromatic N) is 5. The van der Waals surface area contributed by atoms with Crippen molar-refractivity contribution in [2.45, 2.75) is 25.5 Å². The second-order valence-corrected chi connectivity index (χ2v) is 9.84. The molecule has 0 spiro atoms. The number of benzene rings is 2. The summed E-state index contributed by atoms with van der Waals surface area (Å²) in [5.74, 6) is -1.70. The van der Waals surface area contributed by atoms with E-state index in [0.29, 0.717) is 18.2 Å². The van der Waals surface area contributed by atoms with E-state index >= 15 is 0 Å². The van der Waals surface area contributed by atoms with Gasteiger partial charge in [-0.1, -0.05) is 42.5 Å². The van der Waals surface area contributed by atoms with Gasteiger partial charge in [-0.15, -0.1) is 0 Å². The summed E-state index contributed by atoms with van der Waals surface area (Å²) in [5.41, 5.74) is 3.00. The summed E-state index contributed by atoms with van der Waals surface area (Å²) in [5, 5.41) is 0.388. The molecule has 3 heterocycles. The maximum Gasteiger partial charge on any atom is 0.283 e. The molecule has 0 unspecified atom stereocenters. The van der Waals surface area contributed by atoms with Crippen LogP contribution in [0.4, 0.5) is 10.1 Å². The fourth-order valence-electron chi connectivity index (χ4n) is 4.52. The van der Waals surface area contributed by atoms with E-state index in [4.69, 9.17) is 0 Å². The lowest BCUT2D eigenvalue weighted by molar-refractivity contribution is -0.121. The molecule has 0 bridgehead atoms. The number of amides is 2. The Hall–Kier alpha value is -3.56. The topological polar surface area (TPSA) is 69.6 Å². The lowest BCUT2D eigenvalue weighted by Crippen LogP contribution is -2.47. The molecule has 9 heteroatoms. The Morgan fingerprint density at radius 3 is 2.17 bits per heavy atom. The number of imide groups is 1. The standard InChI is InChI=1S/C27H26FN5O2S/c1-18-16-19(2)30-27(29-18)36-24-23(25(34)33(26(24)35)22-11-7-6-10-21(22)28)32-14-12-31(13-15-32)17-20-8-4-3-5-9-20/h3-11,16H,12-15,17H2,1-2H3. The molecule has 0 aliphatic carbocycles. The minimum absolute atomic E-state index is 0.0512. The SMILES string of the molecule is Cc1cc(C)nc(SC2=C(N3CCN(Cc4ccccc4)CC3)C(=O)N(c3ccccc3F)C2=O)n1. The van der Waals surface area contributed by atoms with E-state index in [0.717, 1.165) is 47.7 Å². The zero-order valence-corrected chi connectivity index (χ0v) is 21.0. The van der Waals surface area contributed by atoms with Gasteiger partial charge >= 0.3 is 0 Å². The number of carbonyl (C=O) groups is 2. The first-order chi connectivity index (χ1) is 17.4. The average Bonchev–Trinajstić information content (AvgIpc) is 3.09. The van der Waals surface area contributed by atoms with Crippen molar-refractivity contribution in [1.29, 1.82) is 0 Å². The molecule has 2 aliphatic rings. The number of aromatic nitrogens is 2. The minimum Gasteiger partial charge on any atom is -0.363 e. The number of hydrogen-bond donors (Lipinski definition) is 0. The van der Waals surface area contributed by atoms with Gasteiger partial charge in [0.2, 0.25) is 0 Å². The van der Waals surface area contributed by atoms with E-state index in [-0.39, 0.29) is 16.3 Å². The summed E-state index contributed by atoms with van der Waals surface area (Å²) in [6.45, 7) is 7.14. The lowest BCUT2D eigenvalue weighted by atomic mass is 10.2. The molecule has 184 valence electrons. The molecular formula is C27H26FN5O2S. The number of piperazine rings is 1. The molecule has 0 N–H and O–H groups in total. The Balaban J connectivity index is 1.44. The van der Waals surface area contributed by atoms with Crippen molar-refractivity contribution in [1.82, 2.24) is 19.8 Å². The first-order valence-corrected chi connectivity index (χ1v) is 12.6. The van der Waals surface area contributed by atoms with Crippen molar-refractivity contribution in [3.63, 3.8) is 0 Å². The van der Waals surface area contributed by atoms with Crippen LogP contribution in [0.5, 0.6) is 0 Å². The van der Waals surface area contributed by atoms with Gasteiger partial charge in [0, 0.05) is 44.1 Å². The summed E-state index contributed by atoms with van der Waals surface area (Å²) >= 11 is 1.07. The van der Waals surface area contributed by atoms with Gasteiger partial charge in [-0.05, 0) is 49.4 Å². The highest BCUT2D eigenvalue weighted by molar-refractivity contribution is 8.04. The summed E-state index contributed by atoms with van der Waals surface area (Å²) in [4.78, 5) is 41.5. The lowest BCUT2D eigenvalue weighted by Gasteiger charge is -2.36. The largest absolute Gasteiger partial charge is 0.363 e. The predicted octanol–water partition coefficient (Wildman–Crippen LogP) is 3.93. The Kier molecular flexibility index (Phi) is 6.84. The molecule has 0 atom stereocenters. The molecule has 7 nitrogen and oxygen atoms in total. The normalized spacial score (nSPS) is 16.9. The zero-order chi connectivity index (χ0) is 25.2. The van der Waals surface area contributed by atoms with Crippen LogP contribution in [-0.2, 0) is 16.1 Å². The van der Waals surface area contributed by atoms with Gasteiger partial charge in [-0.2, -0.15) is 0 Å². The second-order valence-electron chi connectivity index (χ2n) is 8.86. The quantitative estimate of drug-likeness (QED) is 0.373. The van der Waals surface area contributed by atoms with Crippen molar-refractivity contribution < 1.29 is 14.0 Å². The van der Waals surface area contributed by atoms with Gasteiger partial charge in [0.1, 0.15) is 16.4 Å². The van der Waals surface area contributed by atoms with Crippen molar-refractivity contribution in [2.75, 3.05) is 31.1 Å². The average molecular weight is 504 g/mol. The third-order valence-electron chi connectivity index (χ3n) is 6.20. The van der Waals surface area contributed by atoms with Crippen LogP contribution < -0.4 is 4.90 Å². The summed E-state index contributed by atoms with van der Waals surface area (Å²) in [7, 11) is 0. The van der Waals surface area contributed by atoms with Crippen molar-refractivity contribution in [2.24, 2.45) is 0 Å². The monoisotopic (exact) mass is 503 g/mol. The maximum atomic E-state index is 14.7. The highest BCUT2D eigenvalue weighted by Gasteiger charge is 2.44. The number of aryl methyl sites for hydroxylation is 2. The molecule has 2 amide bonds. The number of hydrogen-bond acceptors (Lipinski definition) is 7. The number of carbonyl (C=O) groups excluding carboxylic acids is 2. The van der Waals surface area contributed by atoms with Crippen LogP contribution in [0.15, 0.2) is 76.4 Å². The van der Waals surface area contributed by atoms with Crippen LogP contribution in [-0.4, -0.2) is 57.8 Å². The third kappa shape index (κ3) is 4.89. The van der Waals surface area contributed by atoms with Gasteiger partial charge in [0.15, 0.2) is 5.16 Å². The summed E-state index contributed by atoms with van der Waals surface area (Å²) in [6.07, 6.45) is 0. The van der Waals surface area contributed by atoms with Gasteiger partial charge in [-0.25, -0.2) is 19.3 Å². The van der Waals surface area contributed by atoms with E-state index in [9.17, 15) is 14.0 Å². The highest BCUT2D eigenvalue weighted by atomic mass is 32.2. The van der Waals surface area contributed by atoms with E-state index in [1.807, 2.05) is 43.0 Å². The predicted molar refractivity (Wildman–Crippen MR) is 137 cm³/mol. The Morgan fingerprint density at radius 1 is 0.861 bits per heavy atom. The number of thioether (sulfide) groups is 1. The van der Waals surface area contributed by atoms with E-state index < -0.39 is 17.6 Å². The maximum absolute atomic E-state index is 14.7. The molecule has 3 aromatic rings. The smallest absolute Gasteiger partial charge is 0.283 e. The van der Waals surface area contributed by atoms with Crippen LogP contribution in [0.3, 0.4) is 0 Å². The highest BCUT2D eigenvalue weighted by Crippen LogP contribution is 2.38. The van der Waals surface area contributed by atoms with Crippen LogP contribution in [0, 0.1) is 19.7 Å². The van der Waals surface area contributed by atoms with Gasteiger partial charge < -0.3 is 4.90 Å².